The van der Waals surface area contributed by atoms with Gasteiger partial charge in [-0.3, -0.25) is 9.69 Å². The molecule has 2 fully saturated rings. The lowest BCUT2D eigenvalue weighted by molar-refractivity contribution is 0.0218. The van der Waals surface area contributed by atoms with E-state index in [2.05, 4.69) is 42.8 Å². The summed E-state index contributed by atoms with van der Waals surface area (Å²) in [5.74, 6) is 1.23. The van der Waals surface area contributed by atoms with Crippen LogP contribution in [0.25, 0.3) is 0 Å². The Morgan fingerprint density at radius 3 is 2.41 bits per heavy atom. The molecule has 5 heteroatoms. The van der Waals surface area contributed by atoms with Gasteiger partial charge in [0.1, 0.15) is 0 Å². The molecular formula is C24H39N3O2. The van der Waals surface area contributed by atoms with E-state index in [1.54, 1.807) is 0 Å². The monoisotopic (exact) mass is 401 g/mol. The number of hydrogen-bond donors (Lipinski definition) is 1. The second-order valence-electron chi connectivity index (χ2n) is 9.37. The zero-order valence-corrected chi connectivity index (χ0v) is 18.5. The Kier molecular flexibility index (Phi) is 8.10. The van der Waals surface area contributed by atoms with Crippen LogP contribution in [0.2, 0.25) is 0 Å². The molecule has 1 aromatic carbocycles. The van der Waals surface area contributed by atoms with E-state index in [-0.39, 0.29) is 12.5 Å². The summed E-state index contributed by atoms with van der Waals surface area (Å²) in [6.07, 6.45) is 3.90. The molecule has 162 valence electrons. The minimum Gasteiger partial charge on any atom is -0.396 e. The highest BCUT2D eigenvalue weighted by Gasteiger charge is 2.35. The lowest BCUT2D eigenvalue weighted by Crippen LogP contribution is -2.56. The molecule has 2 aliphatic rings. The van der Waals surface area contributed by atoms with Gasteiger partial charge >= 0.3 is 0 Å². The van der Waals surface area contributed by atoms with Gasteiger partial charge in [0.2, 0.25) is 0 Å². The summed E-state index contributed by atoms with van der Waals surface area (Å²) in [5, 5.41) is 9.37. The third-order valence-corrected chi connectivity index (χ3v) is 6.57. The number of rotatable bonds is 7. The number of aliphatic hydroxyl groups excluding tert-OH is 1. The summed E-state index contributed by atoms with van der Waals surface area (Å²) in [6, 6.07) is 8.73. The van der Waals surface area contributed by atoms with Crippen LogP contribution < -0.4 is 0 Å². The molecule has 0 saturated carbocycles. The van der Waals surface area contributed by atoms with Crippen molar-refractivity contribution in [2.24, 2.45) is 11.8 Å². The number of piperidine rings is 1. The SMILES string of the molecule is CC(C)Cc1ccc(C(=O)N2CC[C@H](N3CCN(C)CC3)[C@H](CCCO)C2)cc1. The van der Waals surface area contributed by atoms with Crippen LogP contribution in [-0.4, -0.2) is 84.7 Å². The van der Waals surface area contributed by atoms with Gasteiger partial charge in [-0.05, 0) is 62.3 Å². The Labute approximate surface area is 176 Å². The van der Waals surface area contributed by atoms with E-state index < -0.39 is 0 Å². The maximum absolute atomic E-state index is 13.1. The number of hydrogen-bond acceptors (Lipinski definition) is 4. The van der Waals surface area contributed by atoms with Crippen molar-refractivity contribution in [3.05, 3.63) is 35.4 Å². The highest BCUT2D eigenvalue weighted by atomic mass is 16.3. The summed E-state index contributed by atoms with van der Waals surface area (Å²) >= 11 is 0. The number of carbonyl (C=O) groups is 1. The van der Waals surface area contributed by atoms with Crippen molar-refractivity contribution in [1.82, 2.24) is 14.7 Å². The van der Waals surface area contributed by atoms with Gasteiger partial charge in [0.15, 0.2) is 0 Å². The fourth-order valence-corrected chi connectivity index (χ4v) is 4.91. The van der Waals surface area contributed by atoms with E-state index in [0.29, 0.717) is 17.9 Å². The van der Waals surface area contributed by atoms with Crippen molar-refractivity contribution < 1.29 is 9.90 Å². The average molecular weight is 402 g/mol. The van der Waals surface area contributed by atoms with E-state index in [1.165, 1.54) is 5.56 Å². The predicted octanol–water partition coefficient (Wildman–Crippen LogP) is 2.74. The summed E-state index contributed by atoms with van der Waals surface area (Å²) in [6.45, 7) is 10.8. The highest BCUT2D eigenvalue weighted by molar-refractivity contribution is 5.94. The van der Waals surface area contributed by atoms with Crippen LogP contribution in [-0.2, 0) is 6.42 Å². The molecule has 2 aliphatic heterocycles. The van der Waals surface area contributed by atoms with Gasteiger partial charge in [-0.2, -0.15) is 0 Å². The zero-order chi connectivity index (χ0) is 20.8. The normalized spacial score (nSPS) is 24.2. The van der Waals surface area contributed by atoms with E-state index in [9.17, 15) is 9.90 Å². The van der Waals surface area contributed by atoms with E-state index in [1.807, 2.05) is 17.0 Å². The third-order valence-electron chi connectivity index (χ3n) is 6.57. The number of piperazine rings is 1. The molecule has 1 aromatic rings. The van der Waals surface area contributed by atoms with Crippen LogP contribution in [0.5, 0.6) is 0 Å². The molecule has 0 bridgehead atoms. The number of aliphatic hydroxyl groups is 1. The average Bonchev–Trinajstić information content (AvgIpc) is 2.72. The van der Waals surface area contributed by atoms with Crippen LogP contribution in [0.3, 0.4) is 0 Å². The van der Waals surface area contributed by atoms with Gasteiger partial charge < -0.3 is 14.9 Å². The van der Waals surface area contributed by atoms with Crippen LogP contribution in [0.1, 0.15) is 49.0 Å². The van der Waals surface area contributed by atoms with Crippen LogP contribution in [0.4, 0.5) is 0 Å². The molecule has 0 aliphatic carbocycles. The van der Waals surface area contributed by atoms with E-state index in [4.69, 9.17) is 0 Å². The maximum Gasteiger partial charge on any atom is 0.253 e. The van der Waals surface area contributed by atoms with Gasteiger partial charge in [-0.25, -0.2) is 0 Å². The number of carbonyl (C=O) groups excluding carboxylic acids is 1. The van der Waals surface area contributed by atoms with Crippen LogP contribution in [0, 0.1) is 11.8 Å². The first-order chi connectivity index (χ1) is 14.0. The largest absolute Gasteiger partial charge is 0.396 e. The Hall–Kier alpha value is -1.43. The predicted molar refractivity (Wildman–Crippen MR) is 118 cm³/mol. The fourth-order valence-electron chi connectivity index (χ4n) is 4.91. The van der Waals surface area contributed by atoms with Crippen molar-refractivity contribution in [1.29, 1.82) is 0 Å². The van der Waals surface area contributed by atoms with Gasteiger partial charge in [-0.1, -0.05) is 26.0 Å². The molecule has 3 rings (SSSR count). The number of likely N-dealkylation sites (tertiary alicyclic amines) is 1. The fraction of sp³-hybridized carbons (Fsp3) is 0.708. The first-order valence-electron chi connectivity index (χ1n) is 11.4. The molecule has 0 aromatic heterocycles. The summed E-state index contributed by atoms with van der Waals surface area (Å²) < 4.78 is 0. The zero-order valence-electron chi connectivity index (χ0n) is 18.5. The quantitative estimate of drug-likeness (QED) is 0.763. The molecule has 29 heavy (non-hydrogen) atoms. The first-order valence-corrected chi connectivity index (χ1v) is 11.4. The number of amides is 1. The van der Waals surface area contributed by atoms with Gasteiger partial charge in [0.05, 0.1) is 0 Å². The Balaban J connectivity index is 1.64. The van der Waals surface area contributed by atoms with Crippen LogP contribution in [0.15, 0.2) is 24.3 Å². The molecule has 2 atom stereocenters. The maximum atomic E-state index is 13.1. The molecule has 0 spiro atoms. The topological polar surface area (TPSA) is 47.0 Å². The number of nitrogens with zero attached hydrogens (tertiary/aromatic N) is 3. The van der Waals surface area contributed by atoms with Crippen molar-refractivity contribution in [2.75, 3.05) is 52.9 Å². The molecular weight excluding hydrogens is 362 g/mol. The van der Waals surface area contributed by atoms with E-state index in [0.717, 1.165) is 70.5 Å². The molecule has 2 saturated heterocycles. The lowest BCUT2D eigenvalue weighted by atomic mass is 9.86. The molecule has 0 unspecified atom stereocenters. The Bertz CT molecular complexity index is 638. The molecule has 1 amide bonds. The van der Waals surface area contributed by atoms with Crippen molar-refractivity contribution >= 4 is 5.91 Å². The van der Waals surface area contributed by atoms with Crippen molar-refractivity contribution in [3.63, 3.8) is 0 Å². The number of benzene rings is 1. The van der Waals surface area contributed by atoms with Crippen molar-refractivity contribution in [3.8, 4) is 0 Å². The minimum atomic E-state index is 0.159. The summed E-state index contributed by atoms with van der Waals surface area (Å²) in [5.41, 5.74) is 2.10. The minimum absolute atomic E-state index is 0.159. The number of likely N-dealkylation sites (N-methyl/N-ethyl adjacent to an activating group) is 1. The molecule has 2 heterocycles. The molecule has 5 nitrogen and oxygen atoms in total. The summed E-state index contributed by atoms with van der Waals surface area (Å²) in [7, 11) is 2.19. The van der Waals surface area contributed by atoms with Gasteiger partial charge in [0, 0.05) is 57.5 Å². The van der Waals surface area contributed by atoms with Gasteiger partial charge in [0.25, 0.3) is 5.91 Å². The third kappa shape index (κ3) is 6.03. The van der Waals surface area contributed by atoms with Gasteiger partial charge in [-0.15, -0.1) is 0 Å². The lowest BCUT2D eigenvalue weighted by Gasteiger charge is -2.46. The van der Waals surface area contributed by atoms with Crippen molar-refractivity contribution in [2.45, 2.75) is 45.6 Å². The Morgan fingerprint density at radius 2 is 1.79 bits per heavy atom. The Morgan fingerprint density at radius 1 is 1.10 bits per heavy atom. The first kappa shape index (κ1) is 22.3. The second-order valence-corrected chi connectivity index (χ2v) is 9.37. The smallest absolute Gasteiger partial charge is 0.253 e. The summed E-state index contributed by atoms with van der Waals surface area (Å²) in [4.78, 5) is 20.2. The molecule has 1 N–H and O–H groups in total. The standard InChI is InChI=1S/C24H39N3O2/c1-19(2)17-20-6-8-21(9-7-20)24(29)27-11-10-23(22(18-27)5-4-16-28)26-14-12-25(3)13-15-26/h6-9,19,22-23,28H,4-5,10-18H2,1-3H3/t22-,23+/m1/s1. The second kappa shape index (κ2) is 10.6. The van der Waals surface area contributed by atoms with E-state index >= 15 is 0 Å². The highest BCUT2D eigenvalue weighted by Crippen LogP contribution is 2.28. The van der Waals surface area contributed by atoms with Crippen LogP contribution >= 0.6 is 0 Å². The molecule has 0 radical (unpaired) electrons.